The van der Waals surface area contributed by atoms with Crippen molar-refractivity contribution in [3.63, 3.8) is 0 Å². The number of ether oxygens (including phenoxy) is 1. The van der Waals surface area contributed by atoms with Gasteiger partial charge in [0.25, 0.3) is 0 Å². The number of nitrogens with zero attached hydrogens (tertiary/aromatic N) is 1. The first-order valence-corrected chi connectivity index (χ1v) is 6.75. The van der Waals surface area contributed by atoms with Crippen molar-refractivity contribution in [1.82, 2.24) is 10.2 Å². The Labute approximate surface area is 110 Å². The first-order valence-electron chi connectivity index (χ1n) is 6.75. The van der Waals surface area contributed by atoms with E-state index in [2.05, 4.69) is 39.1 Å². The van der Waals surface area contributed by atoms with E-state index in [1.165, 1.54) is 5.57 Å². The molecular formula is C14H26N2O2. The molecule has 0 radical (unpaired) electrons. The Morgan fingerprint density at radius 2 is 1.94 bits per heavy atom. The lowest BCUT2D eigenvalue weighted by molar-refractivity contribution is -0.138. The maximum Gasteiger partial charge on any atom is 0.240 e. The van der Waals surface area contributed by atoms with E-state index >= 15 is 0 Å². The molecule has 0 aromatic heterocycles. The molecule has 4 heteroatoms. The number of carbonyl (C=O) groups is 1. The molecule has 1 aliphatic rings. The summed E-state index contributed by atoms with van der Waals surface area (Å²) in [5.74, 6) is 0.501. The Kier molecular flexibility index (Phi) is 6.36. The van der Waals surface area contributed by atoms with Gasteiger partial charge in [-0.25, -0.2) is 0 Å². The SMILES string of the molecule is CC(C)=CCN[C@H](C(=O)N1CCOCC1)C(C)C. The standard InChI is InChI=1S/C14H26N2O2/c1-11(2)5-6-15-13(12(3)4)14(17)16-7-9-18-10-8-16/h5,12-13,15H,6-10H2,1-4H3/t13-/m0/s1. The minimum absolute atomic E-state index is 0.0984. The van der Waals surface area contributed by atoms with Crippen LogP contribution in [0, 0.1) is 5.92 Å². The van der Waals surface area contributed by atoms with Crippen molar-refractivity contribution in [2.45, 2.75) is 33.7 Å². The summed E-state index contributed by atoms with van der Waals surface area (Å²) in [6.45, 7) is 11.8. The molecule has 0 aromatic rings. The predicted molar refractivity (Wildman–Crippen MR) is 73.5 cm³/mol. The van der Waals surface area contributed by atoms with Crippen molar-refractivity contribution in [2.75, 3.05) is 32.8 Å². The van der Waals surface area contributed by atoms with Gasteiger partial charge in [0.05, 0.1) is 19.3 Å². The second-order valence-electron chi connectivity index (χ2n) is 5.35. The zero-order valence-electron chi connectivity index (χ0n) is 12.0. The Morgan fingerprint density at radius 1 is 1.33 bits per heavy atom. The average molecular weight is 254 g/mol. The van der Waals surface area contributed by atoms with Crippen LogP contribution in [0.25, 0.3) is 0 Å². The summed E-state index contributed by atoms with van der Waals surface area (Å²) in [7, 11) is 0. The molecule has 1 saturated heterocycles. The number of amides is 1. The smallest absolute Gasteiger partial charge is 0.240 e. The van der Waals surface area contributed by atoms with Crippen molar-refractivity contribution in [2.24, 2.45) is 5.92 Å². The van der Waals surface area contributed by atoms with E-state index < -0.39 is 0 Å². The Morgan fingerprint density at radius 3 is 2.44 bits per heavy atom. The maximum absolute atomic E-state index is 12.4. The van der Waals surface area contributed by atoms with Crippen LogP contribution in [0.15, 0.2) is 11.6 Å². The summed E-state index contributed by atoms with van der Waals surface area (Å²) in [5.41, 5.74) is 1.27. The summed E-state index contributed by atoms with van der Waals surface area (Å²) in [6.07, 6.45) is 2.11. The summed E-state index contributed by atoms with van der Waals surface area (Å²) >= 11 is 0. The van der Waals surface area contributed by atoms with Crippen LogP contribution in [0.4, 0.5) is 0 Å². The van der Waals surface area contributed by atoms with Crippen LogP contribution in [-0.2, 0) is 9.53 Å². The molecule has 1 N–H and O–H groups in total. The lowest BCUT2D eigenvalue weighted by Gasteiger charge is -2.32. The number of allylic oxidation sites excluding steroid dienone is 1. The largest absolute Gasteiger partial charge is 0.378 e. The molecule has 0 spiro atoms. The predicted octanol–water partition coefficient (Wildman–Crippen LogP) is 1.43. The molecule has 4 nitrogen and oxygen atoms in total. The van der Waals surface area contributed by atoms with E-state index in [0.29, 0.717) is 32.2 Å². The van der Waals surface area contributed by atoms with Gasteiger partial charge in [0.2, 0.25) is 5.91 Å². The molecule has 1 amide bonds. The fourth-order valence-electron chi connectivity index (χ4n) is 1.98. The van der Waals surface area contributed by atoms with E-state index in [9.17, 15) is 4.79 Å². The molecule has 0 bridgehead atoms. The second-order valence-corrected chi connectivity index (χ2v) is 5.35. The van der Waals surface area contributed by atoms with Gasteiger partial charge in [-0.1, -0.05) is 25.5 Å². The zero-order chi connectivity index (χ0) is 13.5. The summed E-state index contributed by atoms with van der Waals surface area (Å²) in [5, 5.41) is 3.34. The molecule has 0 aromatic carbocycles. The molecule has 1 fully saturated rings. The van der Waals surface area contributed by atoms with Gasteiger partial charge in [0.15, 0.2) is 0 Å². The van der Waals surface area contributed by atoms with Crippen molar-refractivity contribution in [3.05, 3.63) is 11.6 Å². The monoisotopic (exact) mass is 254 g/mol. The highest BCUT2D eigenvalue weighted by molar-refractivity contribution is 5.82. The van der Waals surface area contributed by atoms with E-state index in [1.54, 1.807) is 0 Å². The molecule has 1 atom stereocenters. The van der Waals surface area contributed by atoms with E-state index in [0.717, 1.165) is 6.54 Å². The highest BCUT2D eigenvalue weighted by Crippen LogP contribution is 2.08. The van der Waals surface area contributed by atoms with Gasteiger partial charge in [-0.3, -0.25) is 4.79 Å². The van der Waals surface area contributed by atoms with Crippen LogP contribution >= 0.6 is 0 Å². The number of carbonyl (C=O) groups excluding carboxylic acids is 1. The van der Waals surface area contributed by atoms with Crippen molar-refractivity contribution in [1.29, 1.82) is 0 Å². The molecular weight excluding hydrogens is 228 g/mol. The van der Waals surface area contributed by atoms with Crippen molar-refractivity contribution in [3.8, 4) is 0 Å². The first kappa shape index (κ1) is 15.2. The van der Waals surface area contributed by atoms with Gasteiger partial charge in [0, 0.05) is 19.6 Å². The fraction of sp³-hybridized carbons (Fsp3) is 0.786. The number of nitrogens with one attached hydrogen (secondary N) is 1. The van der Waals surface area contributed by atoms with Crippen molar-refractivity contribution >= 4 is 5.91 Å². The van der Waals surface area contributed by atoms with Crippen LogP contribution in [0.5, 0.6) is 0 Å². The van der Waals surface area contributed by atoms with Gasteiger partial charge in [-0.05, 0) is 19.8 Å². The molecule has 18 heavy (non-hydrogen) atoms. The van der Waals surface area contributed by atoms with Gasteiger partial charge >= 0.3 is 0 Å². The molecule has 1 aliphatic heterocycles. The maximum atomic E-state index is 12.4. The summed E-state index contributed by atoms with van der Waals surface area (Å²) < 4.78 is 5.28. The molecule has 104 valence electrons. The Hall–Kier alpha value is -0.870. The van der Waals surface area contributed by atoms with E-state index in [4.69, 9.17) is 4.74 Å². The fourth-order valence-corrected chi connectivity index (χ4v) is 1.98. The highest BCUT2D eigenvalue weighted by Gasteiger charge is 2.27. The lowest BCUT2D eigenvalue weighted by Crippen LogP contribution is -2.52. The van der Waals surface area contributed by atoms with Crippen LogP contribution < -0.4 is 5.32 Å². The van der Waals surface area contributed by atoms with Gasteiger partial charge in [0.1, 0.15) is 0 Å². The molecule has 0 unspecified atom stereocenters. The Bertz CT molecular complexity index is 290. The first-order chi connectivity index (χ1) is 8.52. The quantitative estimate of drug-likeness (QED) is 0.755. The lowest BCUT2D eigenvalue weighted by atomic mass is 10.0. The minimum atomic E-state index is -0.0984. The topological polar surface area (TPSA) is 41.6 Å². The molecule has 1 heterocycles. The van der Waals surface area contributed by atoms with Gasteiger partial charge < -0.3 is 15.0 Å². The third-order valence-electron chi connectivity index (χ3n) is 3.10. The van der Waals surface area contributed by atoms with Gasteiger partial charge in [-0.2, -0.15) is 0 Å². The van der Waals surface area contributed by atoms with Gasteiger partial charge in [-0.15, -0.1) is 0 Å². The third kappa shape index (κ3) is 4.78. The van der Waals surface area contributed by atoms with E-state index in [1.807, 2.05) is 4.90 Å². The minimum Gasteiger partial charge on any atom is -0.378 e. The highest BCUT2D eigenvalue weighted by atomic mass is 16.5. The van der Waals surface area contributed by atoms with Crippen molar-refractivity contribution < 1.29 is 9.53 Å². The summed E-state index contributed by atoms with van der Waals surface area (Å²) in [6, 6.07) is -0.0984. The number of morpholine rings is 1. The summed E-state index contributed by atoms with van der Waals surface area (Å²) in [4.78, 5) is 14.3. The molecule has 1 rings (SSSR count). The van der Waals surface area contributed by atoms with E-state index in [-0.39, 0.29) is 11.9 Å². The third-order valence-corrected chi connectivity index (χ3v) is 3.10. The number of hydrogen-bond donors (Lipinski definition) is 1. The molecule has 0 aliphatic carbocycles. The van der Waals surface area contributed by atoms with Crippen LogP contribution in [0.1, 0.15) is 27.7 Å². The average Bonchev–Trinajstić information content (AvgIpc) is 2.34. The van der Waals surface area contributed by atoms with Crippen LogP contribution in [-0.4, -0.2) is 49.7 Å². The molecule has 0 saturated carbocycles. The normalized spacial score (nSPS) is 17.7. The van der Waals surface area contributed by atoms with Crippen LogP contribution in [0.2, 0.25) is 0 Å². The number of hydrogen-bond acceptors (Lipinski definition) is 3. The van der Waals surface area contributed by atoms with Crippen LogP contribution in [0.3, 0.4) is 0 Å². The Balaban J connectivity index is 2.54. The second kappa shape index (κ2) is 7.54. The zero-order valence-corrected chi connectivity index (χ0v) is 12.0. The number of rotatable bonds is 5.